The van der Waals surface area contributed by atoms with Crippen LogP contribution in [0.15, 0.2) is 59.8 Å². The summed E-state index contributed by atoms with van der Waals surface area (Å²) < 4.78 is 1.61. The highest BCUT2D eigenvalue weighted by molar-refractivity contribution is 8.00. The third kappa shape index (κ3) is 3.99. The Kier molecular flexibility index (Phi) is 5.40. The molecule has 138 valence electrons. The van der Waals surface area contributed by atoms with Crippen LogP contribution in [-0.2, 0) is 4.79 Å². The molecule has 2 heterocycles. The first-order valence-corrected chi connectivity index (χ1v) is 10.0. The summed E-state index contributed by atoms with van der Waals surface area (Å²) in [5.74, 6) is 0.101. The van der Waals surface area contributed by atoms with E-state index in [1.54, 1.807) is 16.8 Å². The van der Waals surface area contributed by atoms with Crippen LogP contribution >= 0.6 is 23.4 Å². The Hall–Kier alpha value is -2.38. The van der Waals surface area contributed by atoms with E-state index in [0.717, 1.165) is 37.2 Å². The molecule has 0 bridgehead atoms. The van der Waals surface area contributed by atoms with Crippen molar-refractivity contribution < 1.29 is 4.79 Å². The van der Waals surface area contributed by atoms with Crippen LogP contribution in [0.25, 0.3) is 5.69 Å². The summed E-state index contributed by atoms with van der Waals surface area (Å²) in [6.45, 7) is 1.62. The molecular weight excluding hydrogens is 382 g/mol. The third-order valence-corrected chi connectivity index (χ3v) is 5.87. The van der Waals surface area contributed by atoms with E-state index in [-0.39, 0.29) is 5.91 Å². The SMILES string of the molecule is O=C(C(Sc1nnnn1-c1cccc(Cl)c1)c1ccccc1)N1CCCC1. The van der Waals surface area contributed by atoms with E-state index < -0.39 is 5.25 Å². The van der Waals surface area contributed by atoms with Gasteiger partial charge >= 0.3 is 0 Å². The number of nitrogens with zero attached hydrogens (tertiary/aromatic N) is 5. The van der Waals surface area contributed by atoms with Crippen LogP contribution in [0.3, 0.4) is 0 Å². The normalized spacial score (nSPS) is 15.1. The van der Waals surface area contributed by atoms with E-state index in [1.165, 1.54) is 11.8 Å². The van der Waals surface area contributed by atoms with Gasteiger partial charge in [0.2, 0.25) is 11.1 Å². The molecule has 1 aliphatic rings. The van der Waals surface area contributed by atoms with Gasteiger partial charge in [-0.1, -0.05) is 59.8 Å². The highest BCUT2D eigenvalue weighted by Crippen LogP contribution is 2.37. The van der Waals surface area contributed by atoms with Gasteiger partial charge in [-0.05, 0) is 47.0 Å². The van der Waals surface area contributed by atoms with Gasteiger partial charge in [0.15, 0.2) is 0 Å². The van der Waals surface area contributed by atoms with Crippen molar-refractivity contribution in [1.29, 1.82) is 0 Å². The highest BCUT2D eigenvalue weighted by Gasteiger charge is 2.30. The number of aromatic nitrogens is 4. The Morgan fingerprint density at radius 1 is 1.07 bits per heavy atom. The largest absolute Gasteiger partial charge is 0.341 e. The van der Waals surface area contributed by atoms with Gasteiger partial charge in [0, 0.05) is 18.1 Å². The lowest BCUT2D eigenvalue weighted by atomic mass is 10.1. The lowest BCUT2D eigenvalue weighted by Gasteiger charge is -2.22. The van der Waals surface area contributed by atoms with Crippen molar-refractivity contribution in [3.05, 3.63) is 65.2 Å². The second-order valence-corrected chi connectivity index (χ2v) is 7.80. The number of hydrogen-bond donors (Lipinski definition) is 0. The van der Waals surface area contributed by atoms with Gasteiger partial charge < -0.3 is 4.90 Å². The Morgan fingerprint density at radius 3 is 2.59 bits per heavy atom. The number of tetrazole rings is 1. The molecule has 1 saturated heterocycles. The fourth-order valence-electron chi connectivity index (χ4n) is 3.12. The predicted octanol–water partition coefficient (Wildman–Crippen LogP) is 3.77. The molecule has 3 aromatic rings. The van der Waals surface area contributed by atoms with Crippen LogP contribution in [0.4, 0.5) is 0 Å². The Balaban J connectivity index is 1.67. The highest BCUT2D eigenvalue weighted by atomic mass is 35.5. The molecule has 1 aromatic heterocycles. The van der Waals surface area contributed by atoms with Crippen molar-refractivity contribution in [3.8, 4) is 5.69 Å². The van der Waals surface area contributed by atoms with Crippen molar-refractivity contribution in [1.82, 2.24) is 25.1 Å². The fourth-order valence-corrected chi connectivity index (χ4v) is 4.38. The molecule has 2 aromatic carbocycles. The topological polar surface area (TPSA) is 63.9 Å². The number of amides is 1. The minimum Gasteiger partial charge on any atom is -0.341 e. The number of benzene rings is 2. The Morgan fingerprint density at radius 2 is 1.85 bits per heavy atom. The number of halogens is 1. The first-order chi connectivity index (χ1) is 13.2. The van der Waals surface area contributed by atoms with Crippen molar-refractivity contribution in [2.75, 3.05) is 13.1 Å². The zero-order valence-corrected chi connectivity index (χ0v) is 16.1. The van der Waals surface area contributed by atoms with E-state index in [2.05, 4.69) is 15.5 Å². The average molecular weight is 400 g/mol. The van der Waals surface area contributed by atoms with E-state index in [9.17, 15) is 4.79 Å². The lowest BCUT2D eigenvalue weighted by Crippen LogP contribution is -2.31. The number of thioether (sulfide) groups is 1. The second kappa shape index (κ2) is 8.10. The summed E-state index contributed by atoms with van der Waals surface area (Å²) in [5, 5.41) is 12.8. The summed E-state index contributed by atoms with van der Waals surface area (Å²) in [7, 11) is 0. The zero-order valence-electron chi connectivity index (χ0n) is 14.5. The third-order valence-electron chi connectivity index (χ3n) is 4.46. The summed E-state index contributed by atoms with van der Waals surface area (Å²) >= 11 is 7.47. The van der Waals surface area contributed by atoms with Gasteiger partial charge in [0.1, 0.15) is 5.25 Å². The van der Waals surface area contributed by atoms with Crippen molar-refractivity contribution >= 4 is 29.3 Å². The van der Waals surface area contributed by atoms with Crippen molar-refractivity contribution in [2.45, 2.75) is 23.2 Å². The first kappa shape index (κ1) is 18.0. The molecule has 4 rings (SSSR count). The number of likely N-dealkylation sites (tertiary alicyclic amines) is 1. The van der Waals surface area contributed by atoms with Crippen LogP contribution in [0, 0.1) is 0 Å². The van der Waals surface area contributed by atoms with E-state index in [0.29, 0.717) is 10.2 Å². The molecule has 0 N–H and O–H groups in total. The van der Waals surface area contributed by atoms with Crippen LogP contribution in [0.2, 0.25) is 5.02 Å². The Bertz CT molecular complexity index is 927. The predicted molar refractivity (Wildman–Crippen MR) is 105 cm³/mol. The maximum absolute atomic E-state index is 13.2. The molecule has 8 heteroatoms. The standard InChI is InChI=1S/C19H18ClN5OS/c20-15-9-6-10-16(13-15)25-19(21-22-23-25)27-17(14-7-2-1-3-8-14)18(26)24-11-4-5-12-24/h1-3,6-10,13,17H,4-5,11-12H2. The van der Waals surface area contributed by atoms with Crippen molar-refractivity contribution in [2.24, 2.45) is 0 Å². The van der Waals surface area contributed by atoms with Crippen LogP contribution < -0.4 is 0 Å². The van der Waals surface area contributed by atoms with Crippen LogP contribution in [-0.4, -0.2) is 44.1 Å². The number of rotatable bonds is 5. The minimum atomic E-state index is -0.395. The summed E-state index contributed by atoms with van der Waals surface area (Å²) in [6.07, 6.45) is 2.11. The first-order valence-electron chi connectivity index (χ1n) is 8.77. The maximum Gasteiger partial charge on any atom is 0.240 e. The molecule has 1 amide bonds. The molecule has 0 radical (unpaired) electrons. The molecule has 27 heavy (non-hydrogen) atoms. The summed E-state index contributed by atoms with van der Waals surface area (Å²) in [5.41, 5.74) is 1.70. The average Bonchev–Trinajstić information content (AvgIpc) is 3.38. The van der Waals surface area contributed by atoms with Gasteiger partial charge in [-0.25, -0.2) is 0 Å². The molecule has 0 saturated carbocycles. The van der Waals surface area contributed by atoms with E-state index >= 15 is 0 Å². The number of carbonyl (C=O) groups is 1. The van der Waals surface area contributed by atoms with Gasteiger partial charge in [-0.3, -0.25) is 4.79 Å². The quantitative estimate of drug-likeness (QED) is 0.611. The van der Waals surface area contributed by atoms with E-state index in [4.69, 9.17) is 11.6 Å². The zero-order chi connectivity index (χ0) is 18.6. The van der Waals surface area contributed by atoms with Crippen LogP contribution in [0.1, 0.15) is 23.7 Å². The fraction of sp³-hybridized carbons (Fsp3) is 0.263. The maximum atomic E-state index is 13.2. The molecule has 1 atom stereocenters. The molecule has 1 aliphatic heterocycles. The lowest BCUT2D eigenvalue weighted by molar-refractivity contribution is -0.129. The van der Waals surface area contributed by atoms with Crippen LogP contribution in [0.5, 0.6) is 0 Å². The molecule has 1 unspecified atom stereocenters. The van der Waals surface area contributed by atoms with Gasteiger partial charge in [0.05, 0.1) is 5.69 Å². The minimum absolute atomic E-state index is 0.101. The molecule has 6 nitrogen and oxygen atoms in total. The molecule has 0 spiro atoms. The monoisotopic (exact) mass is 399 g/mol. The number of hydrogen-bond acceptors (Lipinski definition) is 5. The molecule has 1 fully saturated rings. The van der Waals surface area contributed by atoms with Gasteiger partial charge in [-0.2, -0.15) is 4.68 Å². The summed E-state index contributed by atoms with van der Waals surface area (Å²) in [6, 6.07) is 17.1. The number of carbonyl (C=O) groups excluding carboxylic acids is 1. The Labute approximate surface area is 166 Å². The van der Waals surface area contributed by atoms with Crippen molar-refractivity contribution in [3.63, 3.8) is 0 Å². The van der Waals surface area contributed by atoms with Gasteiger partial charge in [0.25, 0.3) is 0 Å². The molecule has 0 aliphatic carbocycles. The van der Waals surface area contributed by atoms with E-state index in [1.807, 2.05) is 47.4 Å². The smallest absolute Gasteiger partial charge is 0.240 e. The van der Waals surface area contributed by atoms with Gasteiger partial charge in [-0.15, -0.1) is 5.10 Å². The second-order valence-electron chi connectivity index (χ2n) is 6.29. The molecular formula is C19H18ClN5OS. The summed E-state index contributed by atoms with van der Waals surface area (Å²) in [4.78, 5) is 15.1.